The van der Waals surface area contributed by atoms with Crippen LogP contribution in [0.5, 0.6) is 23.0 Å². The van der Waals surface area contributed by atoms with Crippen molar-refractivity contribution in [2.75, 3.05) is 0 Å². The molecule has 0 aromatic heterocycles. The molecule has 6 rings (SSSR count). The summed E-state index contributed by atoms with van der Waals surface area (Å²) < 4.78 is 25.7. The van der Waals surface area contributed by atoms with E-state index in [2.05, 4.69) is 156 Å². The summed E-state index contributed by atoms with van der Waals surface area (Å²) in [6, 6.07) is 38.4. The van der Waals surface area contributed by atoms with Crippen molar-refractivity contribution in [1.29, 1.82) is 0 Å². The highest BCUT2D eigenvalue weighted by molar-refractivity contribution is 7.27. The summed E-state index contributed by atoms with van der Waals surface area (Å²) >= 11 is 0. The quantitative estimate of drug-likeness (QED) is 0.138. The normalized spacial score (nSPS) is 13.0. The molecule has 0 fully saturated rings. The summed E-state index contributed by atoms with van der Waals surface area (Å²) in [5.41, 5.74) is 6.73. The van der Waals surface area contributed by atoms with Gasteiger partial charge in [-0.3, -0.25) is 0 Å². The summed E-state index contributed by atoms with van der Waals surface area (Å²) in [4.78, 5) is 0. The molecule has 0 aliphatic rings. The smallest absolute Gasteiger partial charge is 0.275 e. The third kappa shape index (κ3) is 9.05. The summed E-state index contributed by atoms with van der Waals surface area (Å²) in [7, 11) is -0.482. The molecule has 0 radical (unpaired) electrons. The predicted octanol–water partition coefficient (Wildman–Crippen LogP) is 14.8. The molecular formula is C48H56O4P2. The van der Waals surface area contributed by atoms with Gasteiger partial charge in [-0.05, 0) is 90.7 Å². The molecule has 2 unspecified atom stereocenters. The van der Waals surface area contributed by atoms with E-state index in [1.807, 2.05) is 36.4 Å². The van der Waals surface area contributed by atoms with Crippen LogP contribution >= 0.6 is 18.1 Å². The molecule has 0 aliphatic heterocycles. The highest BCUT2D eigenvalue weighted by Gasteiger charge is 2.24. The van der Waals surface area contributed by atoms with Crippen LogP contribution in [0, 0.1) is 0 Å². The van der Waals surface area contributed by atoms with E-state index < -0.39 is 0 Å². The van der Waals surface area contributed by atoms with Crippen molar-refractivity contribution in [2.24, 2.45) is 0 Å². The molecule has 282 valence electrons. The Morgan fingerprint density at radius 2 is 0.685 bits per heavy atom. The fourth-order valence-electron chi connectivity index (χ4n) is 6.61. The lowest BCUT2D eigenvalue weighted by atomic mass is 9.82. The van der Waals surface area contributed by atoms with E-state index >= 15 is 0 Å². The molecule has 0 spiro atoms. The van der Waals surface area contributed by atoms with E-state index in [-0.39, 0.29) is 39.7 Å². The summed E-state index contributed by atoms with van der Waals surface area (Å²) in [5.74, 6) is 3.13. The van der Waals surface area contributed by atoms with Crippen molar-refractivity contribution in [2.45, 2.75) is 105 Å². The lowest BCUT2D eigenvalue weighted by Gasteiger charge is -2.25. The molecule has 6 aromatic rings. The van der Waals surface area contributed by atoms with Gasteiger partial charge >= 0.3 is 0 Å². The van der Waals surface area contributed by atoms with Crippen LogP contribution in [0.4, 0.5) is 0 Å². The number of hydrogen-bond donors (Lipinski definition) is 0. The first-order valence-corrected chi connectivity index (χ1v) is 20.5. The topological polar surface area (TPSA) is 36.9 Å². The zero-order chi connectivity index (χ0) is 39.1. The molecule has 6 heteroatoms. The predicted molar refractivity (Wildman–Crippen MR) is 234 cm³/mol. The Balaban J connectivity index is 1.21. The maximum atomic E-state index is 6.46. The minimum absolute atomic E-state index is 0.0784. The number of para-hydroxylation sites is 2. The number of hydrogen-bond acceptors (Lipinski definition) is 4. The second kappa shape index (κ2) is 15.2. The van der Waals surface area contributed by atoms with Gasteiger partial charge in [0.25, 0.3) is 18.1 Å². The lowest BCUT2D eigenvalue weighted by Crippen LogP contribution is -2.13. The van der Waals surface area contributed by atoms with Crippen LogP contribution in [0.25, 0.3) is 32.7 Å². The van der Waals surface area contributed by atoms with E-state index in [1.165, 1.54) is 21.9 Å². The van der Waals surface area contributed by atoms with Crippen LogP contribution in [0.2, 0.25) is 0 Å². The van der Waals surface area contributed by atoms with Gasteiger partial charge in [0.2, 0.25) is 0 Å². The van der Waals surface area contributed by atoms with Gasteiger partial charge in [0.1, 0.15) is 23.0 Å². The number of fused-ring (bicyclic) bond motifs is 2. The molecule has 0 saturated carbocycles. The molecule has 4 nitrogen and oxygen atoms in total. The first-order valence-electron chi connectivity index (χ1n) is 18.8. The standard InChI is InChI=1S/C48H56O4P2/c1-45(2,3)35-23-21-31-29-43(39(47(7,8)9)27-33(31)25-35)51-53-49-41-19-15-13-17-37(41)38-18-14-16-20-42(38)50-54-52-44-30-32-22-24-36(46(4,5)6)26-34(32)28-40(44)48(10,11)12/h13-30,53-54H,1-12H3. The average molecular weight is 759 g/mol. The van der Waals surface area contributed by atoms with Crippen molar-refractivity contribution < 1.29 is 18.1 Å². The zero-order valence-corrected chi connectivity index (χ0v) is 36.0. The van der Waals surface area contributed by atoms with Crippen molar-refractivity contribution >= 4 is 39.6 Å². The molecule has 0 bridgehead atoms. The first-order chi connectivity index (χ1) is 25.3. The Hall–Kier alpha value is -4.10. The summed E-state index contributed by atoms with van der Waals surface area (Å²) in [5, 5.41) is 4.75. The van der Waals surface area contributed by atoms with Gasteiger partial charge < -0.3 is 18.1 Å². The maximum Gasteiger partial charge on any atom is 0.275 e. The van der Waals surface area contributed by atoms with Crippen molar-refractivity contribution in [3.8, 4) is 34.1 Å². The highest BCUT2D eigenvalue weighted by Crippen LogP contribution is 2.44. The van der Waals surface area contributed by atoms with Gasteiger partial charge in [-0.1, -0.05) is 156 Å². The van der Waals surface area contributed by atoms with Gasteiger partial charge in [0.15, 0.2) is 0 Å². The van der Waals surface area contributed by atoms with Crippen LogP contribution in [0.1, 0.15) is 105 Å². The monoisotopic (exact) mass is 758 g/mol. The third-order valence-corrected chi connectivity index (χ3v) is 11.1. The van der Waals surface area contributed by atoms with Crippen LogP contribution in [-0.2, 0) is 21.7 Å². The Morgan fingerprint density at radius 3 is 1.04 bits per heavy atom. The van der Waals surface area contributed by atoms with E-state index in [0.717, 1.165) is 56.0 Å². The molecule has 6 aromatic carbocycles. The van der Waals surface area contributed by atoms with E-state index in [9.17, 15) is 0 Å². The number of benzene rings is 6. The van der Waals surface area contributed by atoms with Gasteiger partial charge in [-0.2, -0.15) is 0 Å². The summed E-state index contributed by atoms with van der Waals surface area (Å²) in [6.45, 7) is 26.9. The van der Waals surface area contributed by atoms with Gasteiger partial charge in [0.05, 0.1) is 0 Å². The molecule has 0 amide bonds. The molecule has 0 aliphatic carbocycles. The molecule has 0 heterocycles. The first kappa shape index (κ1) is 39.6. The lowest BCUT2D eigenvalue weighted by molar-refractivity contribution is 0.491. The van der Waals surface area contributed by atoms with E-state index in [4.69, 9.17) is 18.1 Å². The van der Waals surface area contributed by atoms with Gasteiger partial charge in [-0.25, -0.2) is 0 Å². The highest BCUT2D eigenvalue weighted by atomic mass is 31.1. The zero-order valence-electron chi connectivity index (χ0n) is 34.0. The Kier molecular flexibility index (Phi) is 11.1. The molecular weight excluding hydrogens is 702 g/mol. The molecule has 0 N–H and O–H groups in total. The van der Waals surface area contributed by atoms with Crippen LogP contribution in [-0.4, -0.2) is 0 Å². The summed E-state index contributed by atoms with van der Waals surface area (Å²) in [6.07, 6.45) is 0. The van der Waals surface area contributed by atoms with E-state index in [0.29, 0.717) is 0 Å². The molecule has 0 saturated heterocycles. The molecule has 2 atom stereocenters. The van der Waals surface area contributed by atoms with Crippen LogP contribution in [0.15, 0.2) is 109 Å². The fraction of sp³-hybridized carbons (Fsp3) is 0.333. The van der Waals surface area contributed by atoms with Gasteiger partial charge in [-0.15, -0.1) is 0 Å². The van der Waals surface area contributed by atoms with Crippen molar-refractivity contribution in [1.82, 2.24) is 0 Å². The van der Waals surface area contributed by atoms with Crippen molar-refractivity contribution in [3.05, 3.63) is 131 Å². The SMILES string of the molecule is CC(C)(C)c1ccc2cc(OPOc3ccccc3-c3ccccc3OPOc3cc4ccc(C(C)(C)C)cc4cc3C(C)(C)C)c(C(C)(C)C)cc2c1. The van der Waals surface area contributed by atoms with E-state index in [1.54, 1.807) is 0 Å². The van der Waals surface area contributed by atoms with Gasteiger partial charge in [0, 0.05) is 22.3 Å². The fourth-order valence-corrected chi connectivity index (χ4v) is 7.74. The van der Waals surface area contributed by atoms with Crippen molar-refractivity contribution in [3.63, 3.8) is 0 Å². The average Bonchev–Trinajstić information content (AvgIpc) is 3.09. The second-order valence-electron chi connectivity index (χ2n) is 18.4. The Labute approximate surface area is 326 Å². The second-order valence-corrected chi connectivity index (χ2v) is 19.5. The maximum absolute atomic E-state index is 6.46. The minimum atomic E-state index is -0.241. The van der Waals surface area contributed by atoms with Crippen LogP contribution in [0.3, 0.4) is 0 Å². The third-order valence-electron chi connectivity index (χ3n) is 9.90. The number of rotatable bonds is 9. The largest absolute Gasteiger partial charge is 0.440 e. The Bertz CT molecular complexity index is 2120. The Morgan fingerprint density at radius 1 is 0.333 bits per heavy atom. The minimum Gasteiger partial charge on any atom is -0.440 e. The molecule has 54 heavy (non-hydrogen) atoms. The van der Waals surface area contributed by atoms with Crippen LogP contribution < -0.4 is 18.1 Å².